The molecular formula is C16H16N6O3. The van der Waals surface area contributed by atoms with E-state index in [1.165, 1.54) is 6.07 Å². The topological polar surface area (TPSA) is 129 Å². The number of hydrogen-bond acceptors (Lipinski definition) is 9. The zero-order valence-electron chi connectivity index (χ0n) is 13.7. The Morgan fingerprint density at radius 1 is 1.24 bits per heavy atom. The van der Waals surface area contributed by atoms with E-state index in [1.54, 1.807) is 6.92 Å². The molecule has 128 valence electrons. The molecule has 25 heavy (non-hydrogen) atoms. The number of ether oxygens (including phenoxy) is 1. The first-order chi connectivity index (χ1) is 12.0. The van der Waals surface area contributed by atoms with E-state index >= 15 is 0 Å². The fraction of sp³-hybridized carbons (Fsp3) is 0.188. The fourth-order valence-electron chi connectivity index (χ4n) is 2.05. The molecule has 9 nitrogen and oxygen atoms in total. The molecule has 2 aromatic heterocycles. The SMILES string of the molecule is Cc1cc(C(=O)OCc2nc(N)nc(Nc3ccccc3C)n2)on1. The molecule has 0 unspecified atom stereocenters. The van der Waals surface area contributed by atoms with Crippen LogP contribution in [0.15, 0.2) is 34.9 Å². The molecule has 0 bridgehead atoms. The van der Waals surface area contributed by atoms with Gasteiger partial charge in [-0.25, -0.2) is 4.79 Å². The molecule has 3 rings (SSSR count). The average Bonchev–Trinajstić information content (AvgIpc) is 3.01. The maximum atomic E-state index is 11.9. The quantitative estimate of drug-likeness (QED) is 0.671. The third-order valence-corrected chi connectivity index (χ3v) is 3.25. The van der Waals surface area contributed by atoms with Gasteiger partial charge in [-0.05, 0) is 25.5 Å². The van der Waals surface area contributed by atoms with Crippen LogP contribution in [0.4, 0.5) is 17.6 Å². The normalized spacial score (nSPS) is 10.5. The molecule has 0 amide bonds. The number of para-hydroxylation sites is 1. The van der Waals surface area contributed by atoms with Crippen LogP contribution in [0.3, 0.4) is 0 Å². The van der Waals surface area contributed by atoms with Crippen LogP contribution < -0.4 is 11.1 Å². The van der Waals surface area contributed by atoms with Gasteiger partial charge < -0.3 is 20.3 Å². The molecule has 0 saturated heterocycles. The van der Waals surface area contributed by atoms with Crippen molar-refractivity contribution in [2.45, 2.75) is 20.5 Å². The number of aromatic nitrogens is 4. The zero-order chi connectivity index (χ0) is 17.8. The highest BCUT2D eigenvalue weighted by Gasteiger charge is 2.15. The lowest BCUT2D eigenvalue weighted by Gasteiger charge is -2.09. The lowest BCUT2D eigenvalue weighted by molar-refractivity contribution is 0.0415. The molecule has 0 aliphatic rings. The molecular weight excluding hydrogens is 324 g/mol. The minimum atomic E-state index is -0.659. The summed E-state index contributed by atoms with van der Waals surface area (Å²) in [6, 6.07) is 9.14. The Labute approximate surface area is 143 Å². The van der Waals surface area contributed by atoms with E-state index in [2.05, 4.69) is 25.4 Å². The summed E-state index contributed by atoms with van der Waals surface area (Å²) in [6.07, 6.45) is 0. The van der Waals surface area contributed by atoms with Gasteiger partial charge in [0.1, 0.15) is 0 Å². The zero-order valence-corrected chi connectivity index (χ0v) is 13.7. The first-order valence-corrected chi connectivity index (χ1v) is 7.45. The minimum Gasteiger partial charge on any atom is -0.452 e. The smallest absolute Gasteiger partial charge is 0.377 e. The Morgan fingerprint density at radius 3 is 2.76 bits per heavy atom. The van der Waals surface area contributed by atoms with Gasteiger partial charge in [-0.3, -0.25) is 0 Å². The number of carbonyl (C=O) groups is 1. The number of nitrogens with one attached hydrogen (secondary N) is 1. The van der Waals surface area contributed by atoms with E-state index < -0.39 is 5.97 Å². The summed E-state index contributed by atoms with van der Waals surface area (Å²) in [6.45, 7) is 3.49. The van der Waals surface area contributed by atoms with Crippen molar-refractivity contribution in [1.29, 1.82) is 0 Å². The molecule has 0 atom stereocenters. The van der Waals surface area contributed by atoms with Crippen LogP contribution >= 0.6 is 0 Å². The Bertz CT molecular complexity index is 908. The van der Waals surface area contributed by atoms with Crippen LogP contribution in [0.5, 0.6) is 0 Å². The first kappa shape index (κ1) is 16.4. The van der Waals surface area contributed by atoms with Crippen molar-refractivity contribution < 1.29 is 14.1 Å². The standard InChI is InChI=1S/C16H16N6O3/c1-9-5-3-4-6-11(9)18-16-20-13(19-15(17)21-16)8-24-14(23)12-7-10(2)22-25-12/h3-7H,8H2,1-2H3,(H3,17,18,19,20,21). The third kappa shape index (κ3) is 4.08. The van der Waals surface area contributed by atoms with Gasteiger partial charge in [-0.2, -0.15) is 15.0 Å². The van der Waals surface area contributed by atoms with Gasteiger partial charge in [-0.15, -0.1) is 0 Å². The lowest BCUT2D eigenvalue weighted by Crippen LogP contribution is -2.11. The maximum absolute atomic E-state index is 11.9. The van der Waals surface area contributed by atoms with Crippen LogP contribution in [0.1, 0.15) is 27.6 Å². The first-order valence-electron chi connectivity index (χ1n) is 7.45. The Hall–Kier alpha value is -3.49. The second-order valence-electron chi connectivity index (χ2n) is 5.28. The molecule has 3 N–H and O–H groups in total. The van der Waals surface area contributed by atoms with Crippen LogP contribution in [0.25, 0.3) is 0 Å². The summed E-state index contributed by atoms with van der Waals surface area (Å²) in [5.74, 6) is -0.144. The second-order valence-corrected chi connectivity index (χ2v) is 5.28. The number of benzene rings is 1. The number of nitrogens with two attached hydrogens (primary N) is 1. The Balaban J connectivity index is 1.71. The van der Waals surface area contributed by atoms with Crippen molar-refractivity contribution in [3.8, 4) is 0 Å². The molecule has 0 saturated carbocycles. The number of rotatable bonds is 5. The van der Waals surface area contributed by atoms with Gasteiger partial charge in [0.05, 0.1) is 5.69 Å². The highest BCUT2D eigenvalue weighted by Crippen LogP contribution is 2.18. The maximum Gasteiger partial charge on any atom is 0.377 e. The van der Waals surface area contributed by atoms with Gasteiger partial charge >= 0.3 is 5.97 Å². The summed E-state index contributed by atoms with van der Waals surface area (Å²) in [4.78, 5) is 24.1. The molecule has 3 aromatic rings. The van der Waals surface area contributed by atoms with Crippen LogP contribution in [0, 0.1) is 13.8 Å². The number of nitrogens with zero attached hydrogens (tertiary/aromatic N) is 4. The Morgan fingerprint density at radius 2 is 2.04 bits per heavy atom. The van der Waals surface area contributed by atoms with E-state index in [0.29, 0.717) is 5.69 Å². The number of carbonyl (C=O) groups excluding carboxylic acids is 1. The van der Waals surface area contributed by atoms with Crippen LogP contribution in [0.2, 0.25) is 0 Å². The van der Waals surface area contributed by atoms with Gasteiger partial charge in [0, 0.05) is 11.8 Å². The van der Waals surface area contributed by atoms with Crippen molar-refractivity contribution in [2.24, 2.45) is 0 Å². The molecule has 0 spiro atoms. The molecule has 9 heteroatoms. The van der Waals surface area contributed by atoms with E-state index in [1.807, 2.05) is 31.2 Å². The van der Waals surface area contributed by atoms with Crippen molar-refractivity contribution >= 4 is 23.6 Å². The molecule has 0 radical (unpaired) electrons. The minimum absolute atomic E-state index is 0.0118. The summed E-state index contributed by atoms with van der Waals surface area (Å²) in [5.41, 5.74) is 8.15. The molecule has 0 aliphatic heterocycles. The number of nitrogen functional groups attached to an aromatic ring is 1. The van der Waals surface area contributed by atoms with Gasteiger partial charge in [0.2, 0.25) is 17.7 Å². The largest absolute Gasteiger partial charge is 0.452 e. The van der Waals surface area contributed by atoms with E-state index in [4.69, 9.17) is 15.0 Å². The average molecular weight is 340 g/mol. The third-order valence-electron chi connectivity index (χ3n) is 3.25. The monoisotopic (exact) mass is 340 g/mol. The molecule has 2 heterocycles. The predicted octanol–water partition coefficient (Wildman–Crippen LogP) is 2.16. The number of esters is 1. The number of aryl methyl sites for hydroxylation is 2. The van der Waals surface area contributed by atoms with E-state index in [-0.39, 0.29) is 30.1 Å². The van der Waals surface area contributed by atoms with Crippen LogP contribution in [-0.2, 0) is 11.3 Å². The predicted molar refractivity (Wildman–Crippen MR) is 89.1 cm³/mol. The van der Waals surface area contributed by atoms with E-state index in [0.717, 1.165) is 11.3 Å². The van der Waals surface area contributed by atoms with Gasteiger partial charge in [-0.1, -0.05) is 23.4 Å². The fourth-order valence-corrected chi connectivity index (χ4v) is 2.05. The summed E-state index contributed by atoms with van der Waals surface area (Å²) >= 11 is 0. The Kier molecular flexibility index (Phi) is 4.55. The van der Waals surface area contributed by atoms with Crippen molar-refractivity contribution in [2.75, 3.05) is 11.1 Å². The van der Waals surface area contributed by atoms with Crippen molar-refractivity contribution in [3.05, 3.63) is 53.2 Å². The van der Waals surface area contributed by atoms with Crippen LogP contribution in [-0.4, -0.2) is 26.1 Å². The highest BCUT2D eigenvalue weighted by atomic mass is 16.6. The van der Waals surface area contributed by atoms with Gasteiger partial charge in [0.15, 0.2) is 12.4 Å². The van der Waals surface area contributed by atoms with Crippen molar-refractivity contribution in [1.82, 2.24) is 20.1 Å². The molecule has 0 aliphatic carbocycles. The summed E-state index contributed by atoms with van der Waals surface area (Å²) in [5, 5.41) is 6.69. The van der Waals surface area contributed by atoms with Crippen molar-refractivity contribution in [3.63, 3.8) is 0 Å². The number of hydrogen-bond donors (Lipinski definition) is 2. The second kappa shape index (κ2) is 6.95. The molecule has 0 fully saturated rings. The summed E-state index contributed by atoms with van der Waals surface area (Å²) in [7, 11) is 0. The van der Waals surface area contributed by atoms with Gasteiger partial charge in [0.25, 0.3) is 0 Å². The molecule has 1 aromatic carbocycles. The number of anilines is 3. The highest BCUT2D eigenvalue weighted by molar-refractivity contribution is 5.86. The lowest BCUT2D eigenvalue weighted by atomic mass is 10.2. The van der Waals surface area contributed by atoms with E-state index in [9.17, 15) is 4.79 Å². The summed E-state index contributed by atoms with van der Waals surface area (Å²) < 4.78 is 9.94.